The number of rotatable bonds is 6. The Morgan fingerprint density at radius 2 is 1.87 bits per heavy atom. The summed E-state index contributed by atoms with van der Waals surface area (Å²) in [4.78, 5) is 7.90. The van der Waals surface area contributed by atoms with Crippen molar-refractivity contribution < 1.29 is 0 Å². The van der Waals surface area contributed by atoms with Gasteiger partial charge in [0, 0.05) is 11.4 Å². The van der Waals surface area contributed by atoms with Crippen LogP contribution in [0.4, 0.5) is 0 Å². The summed E-state index contributed by atoms with van der Waals surface area (Å²) in [7, 11) is 0. The summed E-state index contributed by atoms with van der Waals surface area (Å²) in [6.45, 7) is 2.22. The number of hydrogen-bond acceptors (Lipinski definition) is 1. The largest absolute Gasteiger partial charge is 0.342 e. The smallest absolute Gasteiger partial charge is 0.110 e. The van der Waals surface area contributed by atoms with Crippen LogP contribution in [0.25, 0.3) is 11.3 Å². The minimum atomic E-state index is 0.759. The van der Waals surface area contributed by atoms with Crippen LogP contribution >= 0.6 is 11.6 Å². The van der Waals surface area contributed by atoms with Crippen LogP contribution in [0.1, 0.15) is 36.7 Å². The van der Waals surface area contributed by atoms with E-state index >= 15 is 0 Å². The van der Waals surface area contributed by atoms with Gasteiger partial charge in [-0.05, 0) is 41.7 Å². The van der Waals surface area contributed by atoms with Crippen molar-refractivity contribution >= 4 is 11.6 Å². The van der Waals surface area contributed by atoms with Crippen LogP contribution in [0.5, 0.6) is 0 Å². The van der Waals surface area contributed by atoms with Gasteiger partial charge < -0.3 is 4.98 Å². The predicted molar refractivity (Wildman–Crippen MR) is 96.9 cm³/mol. The predicted octanol–water partition coefficient (Wildman–Crippen LogP) is 5.66. The molecule has 0 atom stereocenters. The fourth-order valence-electron chi connectivity index (χ4n) is 2.67. The summed E-state index contributed by atoms with van der Waals surface area (Å²) in [6.07, 6.45) is 6.29. The summed E-state index contributed by atoms with van der Waals surface area (Å²) < 4.78 is 0. The summed E-state index contributed by atoms with van der Waals surface area (Å²) in [5.74, 6) is 0.956. The van der Waals surface area contributed by atoms with Gasteiger partial charge in [-0.15, -0.1) is 0 Å². The summed E-state index contributed by atoms with van der Waals surface area (Å²) in [5, 5.41) is 0.761. The van der Waals surface area contributed by atoms with Gasteiger partial charge in [-0.3, -0.25) is 0 Å². The van der Waals surface area contributed by atoms with Crippen LogP contribution in [0.3, 0.4) is 0 Å². The molecule has 1 aromatic heterocycles. The SMILES string of the molecule is CCCCc1ccc(-c2cnc(Cc3cccc(Cl)c3)[nH]2)cc1. The number of H-pyrrole nitrogens is 1. The minimum absolute atomic E-state index is 0.759. The fraction of sp³-hybridized carbons (Fsp3) is 0.250. The first-order chi connectivity index (χ1) is 11.2. The van der Waals surface area contributed by atoms with E-state index in [0.29, 0.717) is 0 Å². The lowest BCUT2D eigenvalue weighted by Gasteiger charge is -2.02. The van der Waals surface area contributed by atoms with Crippen LogP contribution < -0.4 is 0 Å². The number of halogens is 1. The van der Waals surface area contributed by atoms with Gasteiger partial charge in [0.1, 0.15) is 5.82 Å². The van der Waals surface area contributed by atoms with Crippen LogP contribution in [-0.2, 0) is 12.8 Å². The molecule has 2 aromatic carbocycles. The summed E-state index contributed by atoms with van der Waals surface area (Å²) in [6, 6.07) is 16.7. The first-order valence-electron chi connectivity index (χ1n) is 8.12. The monoisotopic (exact) mass is 324 g/mol. The van der Waals surface area contributed by atoms with Gasteiger partial charge in [0.05, 0.1) is 11.9 Å². The first-order valence-corrected chi connectivity index (χ1v) is 8.50. The van der Waals surface area contributed by atoms with E-state index in [9.17, 15) is 0 Å². The topological polar surface area (TPSA) is 28.7 Å². The van der Waals surface area contributed by atoms with Crippen molar-refractivity contribution in [2.45, 2.75) is 32.6 Å². The molecule has 2 nitrogen and oxygen atoms in total. The molecule has 0 unspecified atom stereocenters. The Bertz CT molecular complexity index is 759. The van der Waals surface area contributed by atoms with Crippen molar-refractivity contribution in [1.82, 2.24) is 9.97 Å². The van der Waals surface area contributed by atoms with E-state index in [0.717, 1.165) is 34.9 Å². The molecule has 0 saturated heterocycles. The number of nitrogens with one attached hydrogen (secondary N) is 1. The van der Waals surface area contributed by atoms with Gasteiger partial charge in [0.25, 0.3) is 0 Å². The number of unbranched alkanes of at least 4 members (excludes halogenated alkanes) is 1. The molecule has 0 fully saturated rings. The average Bonchev–Trinajstić information content (AvgIpc) is 3.02. The summed E-state index contributed by atoms with van der Waals surface area (Å²) in [5.41, 5.74) is 4.79. The van der Waals surface area contributed by atoms with Gasteiger partial charge in [0.2, 0.25) is 0 Å². The number of nitrogens with zero attached hydrogens (tertiary/aromatic N) is 1. The lowest BCUT2D eigenvalue weighted by molar-refractivity contribution is 0.795. The molecule has 0 amide bonds. The third-order valence-electron chi connectivity index (χ3n) is 3.97. The molecule has 3 aromatic rings. The molecule has 0 bridgehead atoms. The lowest BCUT2D eigenvalue weighted by Crippen LogP contribution is -1.90. The highest BCUT2D eigenvalue weighted by Gasteiger charge is 2.05. The molecule has 1 N–H and O–H groups in total. The Morgan fingerprint density at radius 3 is 2.61 bits per heavy atom. The molecule has 0 aliphatic carbocycles. The molecular weight excluding hydrogens is 304 g/mol. The first kappa shape index (κ1) is 15.8. The highest BCUT2D eigenvalue weighted by molar-refractivity contribution is 6.30. The van der Waals surface area contributed by atoms with Crippen molar-refractivity contribution in [3.8, 4) is 11.3 Å². The molecule has 1 heterocycles. The second-order valence-corrected chi connectivity index (χ2v) is 6.29. The quantitative estimate of drug-likeness (QED) is 0.622. The number of aryl methyl sites for hydroxylation is 1. The maximum atomic E-state index is 6.03. The fourth-order valence-corrected chi connectivity index (χ4v) is 2.88. The molecule has 0 spiro atoms. The maximum absolute atomic E-state index is 6.03. The third-order valence-corrected chi connectivity index (χ3v) is 4.21. The van der Waals surface area contributed by atoms with E-state index in [4.69, 9.17) is 11.6 Å². The zero-order valence-corrected chi connectivity index (χ0v) is 14.1. The van der Waals surface area contributed by atoms with E-state index in [1.165, 1.54) is 24.0 Å². The lowest BCUT2D eigenvalue weighted by atomic mass is 10.1. The maximum Gasteiger partial charge on any atom is 0.110 e. The number of aromatic nitrogens is 2. The Labute approximate surface area is 142 Å². The molecular formula is C20H21ClN2. The number of imidazole rings is 1. The van der Waals surface area contributed by atoms with Crippen molar-refractivity contribution in [3.05, 3.63) is 76.7 Å². The normalized spacial score (nSPS) is 10.9. The summed E-state index contributed by atoms with van der Waals surface area (Å²) >= 11 is 6.03. The zero-order valence-electron chi connectivity index (χ0n) is 13.3. The average molecular weight is 325 g/mol. The minimum Gasteiger partial charge on any atom is -0.342 e. The van der Waals surface area contributed by atoms with Crippen LogP contribution in [0.2, 0.25) is 5.02 Å². The van der Waals surface area contributed by atoms with E-state index in [-0.39, 0.29) is 0 Å². The Kier molecular flexibility index (Phi) is 5.14. The van der Waals surface area contributed by atoms with Gasteiger partial charge in [-0.1, -0.05) is 61.3 Å². The van der Waals surface area contributed by atoms with Gasteiger partial charge >= 0.3 is 0 Å². The molecule has 3 heteroatoms. The molecule has 118 valence electrons. The van der Waals surface area contributed by atoms with E-state index in [2.05, 4.69) is 47.2 Å². The van der Waals surface area contributed by atoms with Gasteiger partial charge in [0.15, 0.2) is 0 Å². The van der Waals surface area contributed by atoms with E-state index in [1.54, 1.807) is 0 Å². The number of benzene rings is 2. The van der Waals surface area contributed by atoms with E-state index < -0.39 is 0 Å². The Balaban J connectivity index is 1.71. The molecule has 23 heavy (non-hydrogen) atoms. The Morgan fingerprint density at radius 1 is 1.04 bits per heavy atom. The van der Waals surface area contributed by atoms with Gasteiger partial charge in [-0.25, -0.2) is 4.98 Å². The second kappa shape index (κ2) is 7.47. The Hall–Kier alpha value is -2.06. The molecule has 0 radical (unpaired) electrons. The highest BCUT2D eigenvalue weighted by atomic mass is 35.5. The molecule has 0 aliphatic heterocycles. The van der Waals surface area contributed by atoms with Gasteiger partial charge in [-0.2, -0.15) is 0 Å². The third kappa shape index (κ3) is 4.23. The van der Waals surface area contributed by atoms with Crippen molar-refractivity contribution in [2.24, 2.45) is 0 Å². The van der Waals surface area contributed by atoms with Crippen molar-refractivity contribution in [1.29, 1.82) is 0 Å². The highest BCUT2D eigenvalue weighted by Crippen LogP contribution is 2.20. The molecule has 0 aliphatic rings. The number of aromatic amines is 1. The standard InChI is InChI=1S/C20H21ClN2/c1-2-3-5-15-8-10-17(11-9-15)19-14-22-20(23-19)13-16-6-4-7-18(21)12-16/h4,6-12,14H,2-3,5,13H2,1H3,(H,22,23). The number of hydrogen-bond donors (Lipinski definition) is 1. The zero-order chi connectivity index (χ0) is 16.1. The second-order valence-electron chi connectivity index (χ2n) is 5.85. The molecule has 0 saturated carbocycles. The van der Waals surface area contributed by atoms with Crippen LogP contribution in [0, 0.1) is 0 Å². The van der Waals surface area contributed by atoms with Crippen molar-refractivity contribution in [3.63, 3.8) is 0 Å². The van der Waals surface area contributed by atoms with Crippen LogP contribution in [-0.4, -0.2) is 9.97 Å². The van der Waals surface area contributed by atoms with Crippen LogP contribution in [0.15, 0.2) is 54.7 Å². The van der Waals surface area contributed by atoms with Crippen molar-refractivity contribution in [2.75, 3.05) is 0 Å². The van der Waals surface area contributed by atoms with E-state index in [1.807, 2.05) is 24.4 Å². The molecule has 3 rings (SSSR count).